The van der Waals surface area contributed by atoms with Crippen molar-refractivity contribution in [3.63, 3.8) is 0 Å². The minimum Gasteiger partial charge on any atom is -0.342 e. The second-order valence-corrected chi connectivity index (χ2v) is 7.52. The van der Waals surface area contributed by atoms with Gasteiger partial charge >= 0.3 is 0 Å². The van der Waals surface area contributed by atoms with Gasteiger partial charge in [0, 0.05) is 39.1 Å². The molecule has 1 aliphatic rings. The Morgan fingerprint density at radius 1 is 1.12 bits per heavy atom. The van der Waals surface area contributed by atoms with Crippen molar-refractivity contribution in [1.82, 2.24) is 15.1 Å². The van der Waals surface area contributed by atoms with Gasteiger partial charge in [0.2, 0.25) is 22.3 Å². The van der Waals surface area contributed by atoms with Crippen LogP contribution in [-0.2, 0) is 26.0 Å². The van der Waals surface area contributed by atoms with Gasteiger partial charge in [-0.3, -0.25) is 9.59 Å². The van der Waals surface area contributed by atoms with Gasteiger partial charge in [0.05, 0.1) is 4.90 Å². The second kappa shape index (κ2) is 8.93. The maximum absolute atomic E-state index is 12.1. The first-order valence-corrected chi connectivity index (χ1v) is 9.74. The van der Waals surface area contributed by atoms with Gasteiger partial charge in [-0.15, -0.1) is 0 Å². The van der Waals surface area contributed by atoms with Gasteiger partial charge in [-0.1, -0.05) is 12.1 Å². The Morgan fingerprint density at radius 2 is 1.76 bits per heavy atom. The zero-order valence-electron chi connectivity index (χ0n) is 14.1. The Hall–Kier alpha value is -1.97. The Balaban J connectivity index is 1.63. The minimum atomic E-state index is -3.65. The van der Waals surface area contributed by atoms with E-state index in [-0.39, 0.29) is 10.8 Å². The van der Waals surface area contributed by atoms with E-state index in [1.54, 1.807) is 21.9 Å². The van der Waals surface area contributed by atoms with Crippen LogP contribution in [0.3, 0.4) is 0 Å². The van der Waals surface area contributed by atoms with Gasteiger partial charge in [0.15, 0.2) is 0 Å². The molecule has 0 radical (unpaired) electrons. The molecule has 0 bridgehead atoms. The average molecular weight is 368 g/mol. The average Bonchev–Trinajstić information content (AvgIpc) is 2.61. The molecule has 1 aliphatic heterocycles. The zero-order chi connectivity index (χ0) is 18.3. The highest BCUT2D eigenvalue weighted by atomic mass is 32.2. The maximum Gasteiger partial charge on any atom is 0.238 e. The molecule has 9 heteroatoms. The largest absolute Gasteiger partial charge is 0.342 e. The van der Waals surface area contributed by atoms with Crippen molar-refractivity contribution in [1.29, 1.82) is 0 Å². The van der Waals surface area contributed by atoms with Crippen LogP contribution in [0.1, 0.15) is 12.0 Å². The lowest BCUT2D eigenvalue weighted by Crippen LogP contribution is -2.48. The summed E-state index contributed by atoms with van der Waals surface area (Å²) in [5, 5.41) is 8.27. The SMILES string of the molecule is NS(=O)(=O)c1ccc(CCNCCC(=O)N2CCN(C=O)CC2)cc1. The van der Waals surface area contributed by atoms with Gasteiger partial charge in [0.25, 0.3) is 0 Å². The van der Waals surface area contributed by atoms with Gasteiger partial charge < -0.3 is 15.1 Å². The van der Waals surface area contributed by atoms with E-state index < -0.39 is 10.0 Å². The fourth-order valence-electron chi connectivity index (χ4n) is 2.63. The lowest BCUT2D eigenvalue weighted by molar-refractivity contribution is -0.135. The second-order valence-electron chi connectivity index (χ2n) is 5.96. The summed E-state index contributed by atoms with van der Waals surface area (Å²) in [4.78, 5) is 26.3. The summed E-state index contributed by atoms with van der Waals surface area (Å²) in [5.41, 5.74) is 0.996. The first-order chi connectivity index (χ1) is 11.9. The summed E-state index contributed by atoms with van der Waals surface area (Å²) in [7, 11) is -3.65. The first-order valence-electron chi connectivity index (χ1n) is 8.20. The predicted molar refractivity (Wildman–Crippen MR) is 93.2 cm³/mol. The van der Waals surface area contributed by atoms with Crippen LogP contribution in [0.2, 0.25) is 0 Å². The van der Waals surface area contributed by atoms with E-state index in [9.17, 15) is 18.0 Å². The summed E-state index contributed by atoms with van der Waals surface area (Å²) >= 11 is 0. The molecule has 0 aliphatic carbocycles. The third-order valence-electron chi connectivity index (χ3n) is 4.17. The maximum atomic E-state index is 12.1. The van der Waals surface area contributed by atoms with Crippen molar-refractivity contribution in [2.24, 2.45) is 5.14 Å². The van der Waals surface area contributed by atoms with Crippen LogP contribution < -0.4 is 10.5 Å². The van der Waals surface area contributed by atoms with Crippen molar-refractivity contribution in [3.05, 3.63) is 29.8 Å². The molecule has 1 saturated heterocycles. The molecule has 2 amide bonds. The quantitative estimate of drug-likeness (QED) is 0.459. The van der Waals surface area contributed by atoms with Gasteiger partial charge in [-0.2, -0.15) is 0 Å². The predicted octanol–water partition coefficient (Wildman–Crippen LogP) is -0.843. The van der Waals surface area contributed by atoms with Crippen LogP contribution in [0.15, 0.2) is 29.2 Å². The number of primary sulfonamides is 1. The molecule has 138 valence electrons. The van der Waals surface area contributed by atoms with Crippen LogP contribution >= 0.6 is 0 Å². The number of sulfonamides is 1. The summed E-state index contributed by atoms with van der Waals surface area (Å²) in [6, 6.07) is 6.46. The normalized spacial score (nSPS) is 15.2. The van der Waals surface area contributed by atoms with E-state index >= 15 is 0 Å². The topological polar surface area (TPSA) is 113 Å². The highest BCUT2D eigenvalue weighted by Crippen LogP contribution is 2.09. The first kappa shape index (κ1) is 19.4. The molecule has 0 aromatic heterocycles. The third-order valence-corrected chi connectivity index (χ3v) is 5.10. The fraction of sp³-hybridized carbons (Fsp3) is 0.500. The molecule has 25 heavy (non-hydrogen) atoms. The smallest absolute Gasteiger partial charge is 0.238 e. The van der Waals surface area contributed by atoms with E-state index in [0.717, 1.165) is 18.4 Å². The van der Waals surface area contributed by atoms with E-state index in [0.29, 0.717) is 45.7 Å². The van der Waals surface area contributed by atoms with Gasteiger partial charge in [-0.25, -0.2) is 13.6 Å². The monoisotopic (exact) mass is 368 g/mol. The molecule has 0 saturated carbocycles. The standard InChI is InChI=1S/C16H24N4O4S/c17-25(23,24)15-3-1-14(2-4-15)5-7-18-8-6-16(22)20-11-9-19(13-21)10-12-20/h1-4,13,18H,5-12H2,(H2,17,23,24). The number of rotatable bonds is 8. The van der Waals surface area contributed by atoms with Crippen molar-refractivity contribution < 1.29 is 18.0 Å². The van der Waals surface area contributed by atoms with Gasteiger partial charge in [-0.05, 0) is 30.7 Å². The molecule has 2 rings (SSSR count). The lowest BCUT2D eigenvalue weighted by atomic mass is 10.1. The minimum absolute atomic E-state index is 0.0931. The molecule has 0 spiro atoms. The van der Waals surface area contributed by atoms with Crippen molar-refractivity contribution in [3.8, 4) is 0 Å². The number of nitrogens with two attached hydrogens (primary N) is 1. The van der Waals surface area contributed by atoms with Crippen LogP contribution in [-0.4, -0.2) is 69.8 Å². The fourth-order valence-corrected chi connectivity index (χ4v) is 3.15. The van der Waals surface area contributed by atoms with Gasteiger partial charge in [0.1, 0.15) is 0 Å². The number of nitrogens with one attached hydrogen (secondary N) is 1. The molecule has 1 aromatic rings. The molecule has 0 unspecified atom stereocenters. The summed E-state index contributed by atoms with van der Waals surface area (Å²) in [6.07, 6.45) is 1.97. The highest BCUT2D eigenvalue weighted by molar-refractivity contribution is 7.89. The van der Waals surface area contributed by atoms with Crippen molar-refractivity contribution in [2.45, 2.75) is 17.7 Å². The number of piperazine rings is 1. The van der Waals surface area contributed by atoms with Crippen LogP contribution in [0.25, 0.3) is 0 Å². The highest BCUT2D eigenvalue weighted by Gasteiger charge is 2.19. The Kier molecular flexibility index (Phi) is 6.91. The van der Waals surface area contributed by atoms with Crippen LogP contribution in [0.4, 0.5) is 0 Å². The Bertz CT molecular complexity index is 683. The molecule has 3 N–H and O–H groups in total. The van der Waals surface area contributed by atoms with E-state index in [1.807, 2.05) is 0 Å². The number of nitrogens with zero attached hydrogens (tertiary/aromatic N) is 2. The molecule has 1 aromatic carbocycles. The molecule has 1 fully saturated rings. The third kappa shape index (κ3) is 6.11. The number of hydrogen-bond donors (Lipinski definition) is 2. The summed E-state index contributed by atoms with van der Waals surface area (Å²) in [5.74, 6) is 0.0931. The van der Waals surface area contributed by atoms with E-state index in [1.165, 1.54) is 12.1 Å². The molecular formula is C16H24N4O4S. The lowest BCUT2D eigenvalue weighted by Gasteiger charge is -2.32. The zero-order valence-corrected chi connectivity index (χ0v) is 14.9. The summed E-state index contributed by atoms with van der Waals surface area (Å²) < 4.78 is 22.4. The van der Waals surface area contributed by atoms with E-state index in [2.05, 4.69) is 5.32 Å². The molecule has 1 heterocycles. The summed E-state index contributed by atoms with van der Waals surface area (Å²) in [6.45, 7) is 3.65. The molecule has 0 atom stereocenters. The number of carbonyl (C=O) groups excluding carboxylic acids is 2. The van der Waals surface area contributed by atoms with Crippen LogP contribution in [0, 0.1) is 0 Å². The van der Waals surface area contributed by atoms with Crippen molar-refractivity contribution >= 4 is 22.3 Å². The number of hydrogen-bond acceptors (Lipinski definition) is 5. The molecular weight excluding hydrogens is 344 g/mol. The number of carbonyl (C=O) groups is 2. The number of amides is 2. The Labute approximate surface area is 148 Å². The van der Waals surface area contributed by atoms with E-state index in [4.69, 9.17) is 5.14 Å². The molecule has 8 nitrogen and oxygen atoms in total. The van der Waals surface area contributed by atoms with Crippen molar-refractivity contribution in [2.75, 3.05) is 39.3 Å². The Morgan fingerprint density at radius 3 is 2.32 bits per heavy atom. The van der Waals surface area contributed by atoms with Crippen LogP contribution in [0.5, 0.6) is 0 Å². The number of benzene rings is 1.